The third kappa shape index (κ3) is 6.26. The summed E-state index contributed by atoms with van der Waals surface area (Å²) < 4.78 is 0. The van der Waals surface area contributed by atoms with Gasteiger partial charge < -0.3 is 26.2 Å². The molecular formula is C28H31N3O4. The number of fused-ring (bicyclic) bond motifs is 1. The molecule has 0 radical (unpaired) electrons. The maximum Gasteiger partial charge on any atom is 0.243 e. The summed E-state index contributed by atoms with van der Waals surface area (Å²) in [6, 6.07) is 22.4. The third-order valence-corrected chi connectivity index (χ3v) is 6.37. The molecule has 3 atom stereocenters. The number of aliphatic hydroxyl groups is 1. The van der Waals surface area contributed by atoms with Crippen LogP contribution in [0.4, 0.5) is 0 Å². The van der Waals surface area contributed by atoms with Crippen LogP contribution in [0, 0.1) is 0 Å². The normalized spacial score (nSPS) is 16.7. The number of aliphatic hydroxyl groups excluding tert-OH is 1. The number of aromatic hydroxyl groups is 1. The average molecular weight is 474 g/mol. The topological polar surface area (TPSA) is 116 Å². The maximum absolute atomic E-state index is 13.4. The van der Waals surface area contributed by atoms with E-state index in [1.54, 1.807) is 29.2 Å². The molecule has 4 rings (SSSR count). The van der Waals surface area contributed by atoms with Gasteiger partial charge in [-0.2, -0.15) is 0 Å². The van der Waals surface area contributed by atoms with Crippen molar-refractivity contribution in [1.82, 2.24) is 10.2 Å². The highest BCUT2D eigenvalue weighted by Crippen LogP contribution is 2.25. The largest absolute Gasteiger partial charge is 0.508 e. The fourth-order valence-electron chi connectivity index (χ4n) is 4.47. The fraction of sp³-hybridized carbons (Fsp3) is 0.286. The second-order valence-electron chi connectivity index (χ2n) is 9.02. The molecule has 1 aliphatic rings. The summed E-state index contributed by atoms with van der Waals surface area (Å²) in [5.74, 6) is -0.471. The Kier molecular flexibility index (Phi) is 7.80. The Balaban J connectivity index is 1.45. The first-order valence-electron chi connectivity index (χ1n) is 11.8. The quantitative estimate of drug-likeness (QED) is 0.399. The van der Waals surface area contributed by atoms with Gasteiger partial charge in [0.05, 0.1) is 12.1 Å². The average Bonchev–Trinajstić information content (AvgIpc) is 2.88. The van der Waals surface area contributed by atoms with E-state index < -0.39 is 18.2 Å². The summed E-state index contributed by atoms with van der Waals surface area (Å²) in [4.78, 5) is 28.2. The van der Waals surface area contributed by atoms with E-state index in [1.807, 2.05) is 54.6 Å². The van der Waals surface area contributed by atoms with Crippen LogP contribution in [-0.4, -0.2) is 51.7 Å². The minimum absolute atomic E-state index is 0.0907. The van der Waals surface area contributed by atoms with Crippen molar-refractivity contribution in [3.8, 4) is 5.75 Å². The van der Waals surface area contributed by atoms with Crippen LogP contribution in [0.3, 0.4) is 0 Å². The number of carbonyl (C=O) groups excluding carboxylic acids is 2. The van der Waals surface area contributed by atoms with Gasteiger partial charge >= 0.3 is 0 Å². The van der Waals surface area contributed by atoms with E-state index in [4.69, 9.17) is 5.73 Å². The second kappa shape index (κ2) is 11.2. The standard InChI is InChI=1S/C28H31N3O4/c29-25(15-20-10-12-23(32)13-11-20)28(35)31-18-22-9-5-4-8-21(22)16-26(31)27(34)30-17-24(33)14-19-6-2-1-3-7-19/h1-13,24-26,32-33H,14-18,29H2,(H,30,34)/t24-,25?,26+/m1/s1. The molecular weight excluding hydrogens is 442 g/mol. The number of nitrogens with two attached hydrogens (primary N) is 1. The molecule has 0 spiro atoms. The van der Waals surface area contributed by atoms with E-state index in [9.17, 15) is 19.8 Å². The van der Waals surface area contributed by atoms with Crippen molar-refractivity contribution < 1.29 is 19.8 Å². The van der Waals surface area contributed by atoms with Crippen LogP contribution in [0.2, 0.25) is 0 Å². The lowest BCUT2D eigenvalue weighted by Gasteiger charge is -2.37. The highest BCUT2D eigenvalue weighted by Gasteiger charge is 2.36. The van der Waals surface area contributed by atoms with E-state index in [0.29, 0.717) is 25.8 Å². The number of amides is 2. The molecule has 182 valence electrons. The van der Waals surface area contributed by atoms with E-state index in [-0.39, 0.29) is 24.1 Å². The van der Waals surface area contributed by atoms with Gasteiger partial charge in [0.15, 0.2) is 0 Å². The minimum atomic E-state index is -0.830. The number of hydrogen-bond acceptors (Lipinski definition) is 5. The van der Waals surface area contributed by atoms with Crippen LogP contribution in [-0.2, 0) is 35.4 Å². The second-order valence-corrected chi connectivity index (χ2v) is 9.02. The monoisotopic (exact) mass is 473 g/mol. The zero-order chi connectivity index (χ0) is 24.8. The molecule has 7 heteroatoms. The maximum atomic E-state index is 13.4. The number of carbonyl (C=O) groups is 2. The molecule has 3 aromatic carbocycles. The highest BCUT2D eigenvalue weighted by atomic mass is 16.3. The van der Waals surface area contributed by atoms with Gasteiger partial charge in [0.25, 0.3) is 0 Å². The van der Waals surface area contributed by atoms with Crippen molar-refractivity contribution in [2.45, 2.75) is 44.0 Å². The van der Waals surface area contributed by atoms with E-state index in [2.05, 4.69) is 5.32 Å². The van der Waals surface area contributed by atoms with Crippen LogP contribution in [0.25, 0.3) is 0 Å². The van der Waals surface area contributed by atoms with Crippen molar-refractivity contribution in [1.29, 1.82) is 0 Å². The van der Waals surface area contributed by atoms with Crippen LogP contribution >= 0.6 is 0 Å². The Morgan fingerprint density at radius 1 is 0.914 bits per heavy atom. The molecule has 0 fully saturated rings. The first kappa shape index (κ1) is 24.4. The van der Waals surface area contributed by atoms with E-state index >= 15 is 0 Å². The molecule has 35 heavy (non-hydrogen) atoms. The number of phenolic OH excluding ortho intramolecular Hbond substituents is 1. The molecule has 5 N–H and O–H groups in total. The Bertz CT molecular complexity index is 1150. The number of nitrogens with zero attached hydrogens (tertiary/aromatic N) is 1. The van der Waals surface area contributed by atoms with Crippen molar-refractivity contribution in [2.75, 3.05) is 6.54 Å². The Hall–Kier alpha value is -3.68. The highest BCUT2D eigenvalue weighted by molar-refractivity contribution is 5.90. The van der Waals surface area contributed by atoms with Crippen LogP contribution in [0.15, 0.2) is 78.9 Å². The Morgan fingerprint density at radius 3 is 2.26 bits per heavy atom. The number of benzene rings is 3. The zero-order valence-corrected chi connectivity index (χ0v) is 19.5. The number of nitrogens with one attached hydrogen (secondary N) is 1. The first-order chi connectivity index (χ1) is 16.9. The molecule has 0 aromatic heterocycles. The van der Waals surface area contributed by atoms with Crippen LogP contribution < -0.4 is 11.1 Å². The smallest absolute Gasteiger partial charge is 0.243 e. The van der Waals surface area contributed by atoms with Gasteiger partial charge in [-0.1, -0.05) is 66.7 Å². The lowest BCUT2D eigenvalue weighted by molar-refractivity contribution is -0.143. The third-order valence-electron chi connectivity index (χ3n) is 6.37. The number of hydrogen-bond donors (Lipinski definition) is 4. The lowest BCUT2D eigenvalue weighted by atomic mass is 9.92. The van der Waals surface area contributed by atoms with Gasteiger partial charge in [-0.25, -0.2) is 0 Å². The van der Waals surface area contributed by atoms with Gasteiger partial charge in [0.1, 0.15) is 11.8 Å². The summed E-state index contributed by atoms with van der Waals surface area (Å²) in [6.45, 7) is 0.385. The molecule has 1 unspecified atom stereocenters. The van der Waals surface area contributed by atoms with Crippen LogP contribution in [0.5, 0.6) is 5.75 Å². The zero-order valence-electron chi connectivity index (χ0n) is 19.5. The van der Waals surface area contributed by atoms with Gasteiger partial charge in [-0.15, -0.1) is 0 Å². The molecule has 0 aliphatic carbocycles. The molecule has 0 saturated heterocycles. The minimum Gasteiger partial charge on any atom is -0.508 e. The van der Waals surface area contributed by atoms with E-state index in [0.717, 1.165) is 22.3 Å². The van der Waals surface area contributed by atoms with Gasteiger partial charge in [-0.3, -0.25) is 9.59 Å². The lowest BCUT2D eigenvalue weighted by Crippen LogP contribution is -2.57. The summed E-state index contributed by atoms with van der Waals surface area (Å²) in [5.41, 5.74) is 10.1. The van der Waals surface area contributed by atoms with Crippen molar-refractivity contribution in [2.24, 2.45) is 5.73 Å². The molecule has 2 amide bonds. The van der Waals surface area contributed by atoms with Gasteiger partial charge in [0.2, 0.25) is 11.8 Å². The molecule has 1 aliphatic heterocycles. The SMILES string of the molecule is NC(Cc1ccc(O)cc1)C(=O)N1Cc2ccccc2C[C@H]1C(=O)NC[C@H](O)Cc1ccccc1. The molecule has 7 nitrogen and oxygen atoms in total. The van der Waals surface area contributed by atoms with Crippen molar-refractivity contribution in [3.63, 3.8) is 0 Å². The Labute approximate surface area is 205 Å². The number of rotatable bonds is 8. The first-order valence-corrected chi connectivity index (χ1v) is 11.8. The molecule has 1 heterocycles. The Morgan fingerprint density at radius 2 is 1.54 bits per heavy atom. The van der Waals surface area contributed by atoms with Crippen LogP contribution in [0.1, 0.15) is 22.3 Å². The summed E-state index contributed by atoms with van der Waals surface area (Å²) >= 11 is 0. The van der Waals surface area contributed by atoms with Crippen molar-refractivity contribution >= 4 is 11.8 Å². The summed E-state index contributed by atoms with van der Waals surface area (Å²) in [6.07, 6.45) is 0.364. The van der Waals surface area contributed by atoms with Gasteiger partial charge in [-0.05, 0) is 40.8 Å². The number of phenols is 1. The summed E-state index contributed by atoms with van der Waals surface area (Å²) in [7, 11) is 0. The summed E-state index contributed by atoms with van der Waals surface area (Å²) in [5, 5.41) is 22.7. The molecule has 0 saturated carbocycles. The van der Waals surface area contributed by atoms with Crippen molar-refractivity contribution in [3.05, 3.63) is 101 Å². The predicted octanol–water partition coefficient (Wildman–Crippen LogP) is 1.94. The fourth-order valence-corrected chi connectivity index (χ4v) is 4.47. The van der Waals surface area contributed by atoms with Gasteiger partial charge in [0, 0.05) is 25.9 Å². The molecule has 3 aromatic rings. The van der Waals surface area contributed by atoms with E-state index in [1.165, 1.54) is 0 Å². The molecule has 0 bridgehead atoms. The predicted molar refractivity (Wildman–Crippen MR) is 133 cm³/mol.